The third-order valence-corrected chi connectivity index (χ3v) is 8.84. The van der Waals surface area contributed by atoms with Crippen LogP contribution >= 0.6 is 23.1 Å². The fourth-order valence-corrected chi connectivity index (χ4v) is 6.39. The van der Waals surface area contributed by atoms with Crippen molar-refractivity contribution in [3.63, 3.8) is 0 Å². The summed E-state index contributed by atoms with van der Waals surface area (Å²) in [6.45, 7) is 0.0475. The molecule has 0 bridgehead atoms. The Morgan fingerprint density at radius 3 is 2.57 bits per heavy atom. The van der Waals surface area contributed by atoms with Gasteiger partial charge in [0.25, 0.3) is 11.8 Å². The molecule has 2 amide bonds. The summed E-state index contributed by atoms with van der Waals surface area (Å²) in [4.78, 5) is 27.4. The van der Waals surface area contributed by atoms with Crippen LogP contribution in [0.2, 0.25) is 0 Å². The molecule has 12 heteroatoms. The van der Waals surface area contributed by atoms with Crippen molar-refractivity contribution in [2.24, 2.45) is 5.10 Å². The number of hydrogen-bond donors (Lipinski definition) is 1. The highest BCUT2D eigenvalue weighted by atomic mass is 32.2. The summed E-state index contributed by atoms with van der Waals surface area (Å²) < 4.78 is 20.8. The first-order valence-electron chi connectivity index (χ1n) is 13.7. The molecule has 222 valence electrons. The van der Waals surface area contributed by atoms with Gasteiger partial charge < -0.3 is 10.1 Å². The van der Waals surface area contributed by atoms with E-state index in [-0.39, 0.29) is 29.8 Å². The van der Waals surface area contributed by atoms with Crippen LogP contribution in [0, 0.1) is 5.82 Å². The third-order valence-electron chi connectivity index (χ3n) is 7.01. The summed E-state index contributed by atoms with van der Waals surface area (Å²) in [5, 5.41) is 20.3. The van der Waals surface area contributed by atoms with Crippen LogP contribution in [0.3, 0.4) is 0 Å². The number of aromatic nitrogens is 3. The lowest BCUT2D eigenvalue weighted by Gasteiger charge is -2.22. The highest BCUT2D eigenvalue weighted by Crippen LogP contribution is 2.35. The number of hydrogen-bond acceptors (Lipinski definition) is 8. The average Bonchev–Trinajstić information content (AvgIpc) is 3.83. The molecule has 0 fully saturated rings. The predicted molar refractivity (Wildman–Crippen MR) is 168 cm³/mol. The number of amides is 2. The molecular weight excluding hydrogens is 600 g/mol. The number of carbonyl (C=O) groups excluding carboxylic acids is 2. The van der Waals surface area contributed by atoms with Gasteiger partial charge in [-0.3, -0.25) is 14.2 Å². The second-order valence-electron chi connectivity index (χ2n) is 9.81. The Hall–Kier alpha value is -4.81. The molecule has 1 aliphatic rings. The van der Waals surface area contributed by atoms with Crippen molar-refractivity contribution in [2.45, 2.75) is 24.2 Å². The van der Waals surface area contributed by atoms with Crippen LogP contribution in [-0.4, -0.2) is 50.2 Å². The Morgan fingerprint density at radius 1 is 1.02 bits per heavy atom. The zero-order valence-electron chi connectivity index (χ0n) is 23.6. The SMILES string of the molecule is COc1ccc([C@H]2CC(c3cccs3)=NN2C(=O)CSc2nnc(CNC(=O)c3cccc(F)c3)n2-c2ccccc2)cc1. The first kappa shape index (κ1) is 29.3. The van der Waals surface area contributed by atoms with Gasteiger partial charge in [-0.05, 0) is 59.5 Å². The Labute approximate surface area is 261 Å². The van der Waals surface area contributed by atoms with Crippen molar-refractivity contribution < 1.29 is 18.7 Å². The molecule has 1 N–H and O–H groups in total. The third kappa shape index (κ3) is 6.41. The van der Waals surface area contributed by atoms with Gasteiger partial charge in [-0.1, -0.05) is 54.2 Å². The van der Waals surface area contributed by atoms with Gasteiger partial charge in [-0.25, -0.2) is 9.40 Å². The second-order valence-corrected chi connectivity index (χ2v) is 11.7. The highest BCUT2D eigenvalue weighted by Gasteiger charge is 2.33. The standard InChI is InChI=1S/C32H27FN6O3S2/c1-42-25-14-12-21(13-15-25)27-18-26(28-11-6-16-43-28)37-39(27)30(40)20-44-32-36-35-29(38(32)24-9-3-2-4-10-24)19-34-31(41)22-7-5-8-23(33)17-22/h2-17,27H,18-20H2,1H3,(H,34,41)/t27-/m1/s1. The first-order valence-corrected chi connectivity index (χ1v) is 15.6. The minimum atomic E-state index is -0.493. The van der Waals surface area contributed by atoms with Gasteiger partial charge in [0.2, 0.25) is 0 Å². The van der Waals surface area contributed by atoms with Gasteiger partial charge in [0.05, 0.1) is 36.0 Å². The maximum atomic E-state index is 13.7. The topological polar surface area (TPSA) is 102 Å². The van der Waals surface area contributed by atoms with Crippen molar-refractivity contribution in [3.05, 3.63) is 124 Å². The van der Waals surface area contributed by atoms with E-state index in [9.17, 15) is 14.0 Å². The second kappa shape index (κ2) is 13.2. The van der Waals surface area contributed by atoms with Crippen molar-refractivity contribution in [1.82, 2.24) is 25.1 Å². The number of carbonyl (C=O) groups is 2. The van der Waals surface area contributed by atoms with E-state index < -0.39 is 11.7 Å². The number of halogens is 1. The molecule has 6 rings (SSSR count). The van der Waals surface area contributed by atoms with Gasteiger partial charge in [0.1, 0.15) is 11.6 Å². The molecule has 3 aromatic carbocycles. The molecular formula is C32H27FN6O3S2. The number of ether oxygens (including phenoxy) is 1. The predicted octanol–water partition coefficient (Wildman–Crippen LogP) is 5.88. The number of thiophene rings is 1. The van der Waals surface area contributed by atoms with Crippen molar-refractivity contribution >= 4 is 40.6 Å². The Balaban J connectivity index is 1.22. The van der Waals surface area contributed by atoms with Crippen LogP contribution in [0.25, 0.3) is 5.69 Å². The summed E-state index contributed by atoms with van der Waals surface area (Å²) in [6, 6.07) is 26.3. The molecule has 0 saturated heterocycles. The summed E-state index contributed by atoms with van der Waals surface area (Å²) in [5.41, 5.74) is 2.80. The molecule has 0 unspecified atom stereocenters. The normalized spacial score (nSPS) is 14.4. The molecule has 44 heavy (non-hydrogen) atoms. The lowest BCUT2D eigenvalue weighted by molar-refractivity contribution is -0.130. The van der Waals surface area contributed by atoms with Crippen LogP contribution in [-0.2, 0) is 11.3 Å². The first-order chi connectivity index (χ1) is 21.5. The molecule has 5 aromatic rings. The largest absolute Gasteiger partial charge is 0.497 e. The Bertz CT molecular complexity index is 1790. The van der Waals surface area contributed by atoms with E-state index in [1.807, 2.05) is 72.1 Å². The number of nitrogens with one attached hydrogen (secondary N) is 1. The Kier molecular flexibility index (Phi) is 8.80. The van der Waals surface area contributed by atoms with Gasteiger partial charge >= 0.3 is 0 Å². The number of nitrogens with zero attached hydrogens (tertiary/aromatic N) is 5. The van der Waals surface area contributed by atoms with Gasteiger partial charge in [0, 0.05) is 17.7 Å². The highest BCUT2D eigenvalue weighted by molar-refractivity contribution is 7.99. The van der Waals surface area contributed by atoms with E-state index in [4.69, 9.17) is 9.84 Å². The molecule has 9 nitrogen and oxygen atoms in total. The molecule has 2 aromatic heterocycles. The maximum Gasteiger partial charge on any atom is 0.253 e. The van der Waals surface area contributed by atoms with Crippen molar-refractivity contribution in [2.75, 3.05) is 12.9 Å². The zero-order chi connectivity index (χ0) is 30.5. The van der Waals surface area contributed by atoms with E-state index in [1.165, 1.54) is 36.0 Å². The fourth-order valence-electron chi connectivity index (χ4n) is 4.85. The molecule has 0 aliphatic carbocycles. The lowest BCUT2D eigenvalue weighted by atomic mass is 10.0. The minimum Gasteiger partial charge on any atom is -0.497 e. The number of rotatable bonds is 10. The quantitative estimate of drug-likeness (QED) is 0.195. The number of thioether (sulfide) groups is 1. The molecule has 1 aliphatic heterocycles. The van der Waals surface area contributed by atoms with Gasteiger partial charge in [0.15, 0.2) is 11.0 Å². The van der Waals surface area contributed by atoms with Gasteiger partial charge in [-0.2, -0.15) is 5.10 Å². The lowest BCUT2D eigenvalue weighted by Crippen LogP contribution is -2.28. The van der Waals surface area contributed by atoms with Gasteiger partial charge in [-0.15, -0.1) is 21.5 Å². The molecule has 0 spiro atoms. The monoisotopic (exact) mass is 626 g/mol. The maximum absolute atomic E-state index is 13.7. The number of hydrazone groups is 1. The summed E-state index contributed by atoms with van der Waals surface area (Å²) in [7, 11) is 1.62. The van der Waals surface area contributed by atoms with E-state index in [0.29, 0.717) is 17.4 Å². The smallest absolute Gasteiger partial charge is 0.253 e. The van der Waals surface area contributed by atoms with E-state index in [1.54, 1.807) is 28.0 Å². The number of methoxy groups -OCH3 is 1. The molecule has 0 saturated carbocycles. The van der Waals surface area contributed by atoms with E-state index >= 15 is 0 Å². The van der Waals surface area contributed by atoms with Crippen LogP contribution in [0.1, 0.15) is 39.1 Å². The van der Waals surface area contributed by atoms with Crippen molar-refractivity contribution in [1.29, 1.82) is 0 Å². The van der Waals surface area contributed by atoms with Crippen molar-refractivity contribution in [3.8, 4) is 11.4 Å². The Morgan fingerprint density at radius 2 is 1.84 bits per heavy atom. The average molecular weight is 627 g/mol. The summed E-state index contributed by atoms with van der Waals surface area (Å²) in [5.74, 6) is 0.163. The fraction of sp³-hybridized carbons (Fsp3) is 0.156. The molecule has 3 heterocycles. The summed E-state index contributed by atoms with van der Waals surface area (Å²) >= 11 is 2.83. The summed E-state index contributed by atoms with van der Waals surface area (Å²) in [6.07, 6.45) is 0.596. The number of benzene rings is 3. The minimum absolute atomic E-state index is 0.0475. The van der Waals surface area contributed by atoms with Crippen LogP contribution in [0.4, 0.5) is 4.39 Å². The van der Waals surface area contributed by atoms with Crippen LogP contribution < -0.4 is 10.1 Å². The molecule has 0 radical (unpaired) electrons. The van der Waals surface area contributed by atoms with E-state index in [0.717, 1.165) is 27.6 Å². The molecule has 1 atom stereocenters. The van der Waals surface area contributed by atoms with E-state index in [2.05, 4.69) is 15.5 Å². The zero-order valence-corrected chi connectivity index (χ0v) is 25.2. The van der Waals surface area contributed by atoms with Crippen LogP contribution in [0.5, 0.6) is 5.75 Å². The number of para-hydroxylation sites is 1. The van der Waals surface area contributed by atoms with Crippen LogP contribution in [0.15, 0.2) is 107 Å².